The second kappa shape index (κ2) is 11.4. The molecular weight excluding hydrogens is 494 g/mol. The third-order valence-corrected chi connectivity index (χ3v) is 4.67. The molecule has 1 fully saturated rings. The van der Waals surface area contributed by atoms with Crippen LogP contribution < -0.4 is 15.5 Å². The molecule has 0 amide bonds. The first kappa shape index (κ1) is 22.7. The zero-order valence-electron chi connectivity index (χ0n) is 15.8. The number of anilines is 1. The maximum atomic E-state index is 14.5. The van der Waals surface area contributed by atoms with Crippen molar-refractivity contribution >= 4 is 47.2 Å². The number of hydrogen-bond donors (Lipinski definition) is 2. The van der Waals surface area contributed by atoms with Gasteiger partial charge in [0.1, 0.15) is 5.82 Å². The molecule has 8 heteroatoms. The first-order valence-electron chi connectivity index (χ1n) is 8.96. The number of aliphatic imine (C=N–C) groups is 1. The SMILES string of the molecule is CN=C(NCc1ccc(Cl)cc1)NCc1ccc(N2CCOCC2)c(F)c1.I. The Labute approximate surface area is 187 Å². The monoisotopic (exact) mass is 518 g/mol. The predicted octanol–water partition coefficient (Wildman–Crippen LogP) is 3.80. The average Bonchev–Trinajstić information content (AvgIpc) is 2.70. The fourth-order valence-corrected chi connectivity index (χ4v) is 3.04. The highest BCUT2D eigenvalue weighted by Gasteiger charge is 2.15. The number of nitrogens with one attached hydrogen (secondary N) is 2. The van der Waals surface area contributed by atoms with Crippen molar-refractivity contribution in [2.24, 2.45) is 4.99 Å². The number of halogens is 3. The zero-order chi connectivity index (χ0) is 19.1. The summed E-state index contributed by atoms with van der Waals surface area (Å²) in [6.45, 7) is 3.82. The molecule has 28 heavy (non-hydrogen) atoms. The van der Waals surface area contributed by atoms with Crippen molar-refractivity contribution < 1.29 is 9.13 Å². The van der Waals surface area contributed by atoms with Crippen LogP contribution in [0.25, 0.3) is 0 Å². The van der Waals surface area contributed by atoms with Crippen LogP contribution in [-0.4, -0.2) is 39.3 Å². The number of guanidine groups is 1. The van der Waals surface area contributed by atoms with E-state index >= 15 is 0 Å². The minimum absolute atomic E-state index is 0. The molecule has 1 heterocycles. The van der Waals surface area contributed by atoms with Gasteiger partial charge in [0.15, 0.2) is 5.96 Å². The molecule has 0 saturated carbocycles. The van der Waals surface area contributed by atoms with Crippen molar-refractivity contribution in [3.8, 4) is 0 Å². The molecule has 0 radical (unpaired) electrons. The fraction of sp³-hybridized carbons (Fsp3) is 0.350. The Hall–Kier alpha value is -1.58. The lowest BCUT2D eigenvalue weighted by Gasteiger charge is -2.29. The maximum Gasteiger partial charge on any atom is 0.191 e. The molecule has 0 atom stereocenters. The first-order valence-corrected chi connectivity index (χ1v) is 9.33. The summed E-state index contributed by atoms with van der Waals surface area (Å²) in [4.78, 5) is 6.22. The van der Waals surface area contributed by atoms with Gasteiger partial charge >= 0.3 is 0 Å². The van der Waals surface area contributed by atoms with Crippen LogP contribution in [0, 0.1) is 5.82 Å². The zero-order valence-corrected chi connectivity index (χ0v) is 18.8. The van der Waals surface area contributed by atoms with E-state index in [0.29, 0.717) is 43.0 Å². The van der Waals surface area contributed by atoms with Gasteiger partial charge in [0.25, 0.3) is 0 Å². The van der Waals surface area contributed by atoms with Crippen LogP contribution in [0.1, 0.15) is 11.1 Å². The summed E-state index contributed by atoms with van der Waals surface area (Å²) in [6.07, 6.45) is 0. The lowest BCUT2D eigenvalue weighted by atomic mass is 10.1. The number of rotatable bonds is 5. The van der Waals surface area contributed by atoms with E-state index < -0.39 is 0 Å². The third kappa shape index (κ3) is 6.49. The average molecular weight is 519 g/mol. The molecule has 0 spiro atoms. The van der Waals surface area contributed by atoms with Crippen LogP contribution in [-0.2, 0) is 17.8 Å². The fourth-order valence-electron chi connectivity index (χ4n) is 2.92. The van der Waals surface area contributed by atoms with Crippen LogP contribution in [0.3, 0.4) is 0 Å². The summed E-state index contributed by atoms with van der Waals surface area (Å²) in [7, 11) is 1.71. The van der Waals surface area contributed by atoms with Gasteiger partial charge in [0.05, 0.1) is 18.9 Å². The van der Waals surface area contributed by atoms with E-state index in [-0.39, 0.29) is 29.8 Å². The Morgan fingerprint density at radius 1 is 1.07 bits per heavy atom. The summed E-state index contributed by atoms with van der Waals surface area (Å²) in [5, 5.41) is 7.15. The minimum Gasteiger partial charge on any atom is -0.378 e. The van der Waals surface area contributed by atoms with Crippen LogP contribution in [0.5, 0.6) is 0 Å². The van der Waals surface area contributed by atoms with Gasteiger partial charge in [-0.2, -0.15) is 0 Å². The van der Waals surface area contributed by atoms with E-state index in [0.717, 1.165) is 24.2 Å². The lowest BCUT2D eigenvalue weighted by molar-refractivity contribution is 0.122. The van der Waals surface area contributed by atoms with Gasteiger partial charge in [0.2, 0.25) is 0 Å². The summed E-state index contributed by atoms with van der Waals surface area (Å²) < 4.78 is 19.8. The van der Waals surface area contributed by atoms with Crippen LogP contribution >= 0.6 is 35.6 Å². The van der Waals surface area contributed by atoms with E-state index in [2.05, 4.69) is 15.6 Å². The highest BCUT2D eigenvalue weighted by Crippen LogP contribution is 2.21. The lowest BCUT2D eigenvalue weighted by Crippen LogP contribution is -2.37. The molecule has 1 saturated heterocycles. The third-order valence-electron chi connectivity index (χ3n) is 4.42. The predicted molar refractivity (Wildman–Crippen MR) is 123 cm³/mol. The Bertz CT molecular complexity index is 782. The van der Waals surface area contributed by atoms with Gasteiger partial charge in [-0.15, -0.1) is 24.0 Å². The molecule has 1 aliphatic heterocycles. The van der Waals surface area contributed by atoms with Crippen molar-refractivity contribution in [1.29, 1.82) is 0 Å². The van der Waals surface area contributed by atoms with Gasteiger partial charge in [-0.1, -0.05) is 29.8 Å². The van der Waals surface area contributed by atoms with E-state index in [1.807, 2.05) is 41.3 Å². The van der Waals surface area contributed by atoms with Gasteiger partial charge in [0, 0.05) is 38.2 Å². The van der Waals surface area contributed by atoms with Crippen molar-refractivity contribution in [1.82, 2.24) is 10.6 Å². The van der Waals surface area contributed by atoms with E-state index in [9.17, 15) is 4.39 Å². The molecule has 0 unspecified atom stereocenters. The molecule has 0 aliphatic carbocycles. The van der Waals surface area contributed by atoms with Gasteiger partial charge in [-0.05, 0) is 35.4 Å². The standard InChI is InChI=1S/C20H24ClFN4O.HI/c1-23-20(24-13-15-2-5-17(21)6-3-15)25-14-16-4-7-19(18(22)12-16)26-8-10-27-11-9-26;/h2-7,12H,8-11,13-14H2,1H3,(H2,23,24,25);1H. The molecule has 0 bridgehead atoms. The quantitative estimate of drug-likeness (QED) is 0.359. The summed E-state index contributed by atoms with van der Waals surface area (Å²) in [5.41, 5.74) is 2.59. The summed E-state index contributed by atoms with van der Waals surface area (Å²) >= 11 is 5.90. The molecular formula is C20H25ClFIN4O. The Morgan fingerprint density at radius 3 is 2.29 bits per heavy atom. The molecule has 5 nitrogen and oxygen atoms in total. The highest BCUT2D eigenvalue weighted by molar-refractivity contribution is 14.0. The summed E-state index contributed by atoms with van der Waals surface area (Å²) in [6, 6.07) is 13.0. The van der Waals surface area contributed by atoms with E-state index in [1.165, 1.54) is 0 Å². The van der Waals surface area contributed by atoms with Crippen molar-refractivity contribution in [3.05, 3.63) is 64.4 Å². The Balaban J connectivity index is 0.00000280. The summed E-state index contributed by atoms with van der Waals surface area (Å²) in [5.74, 6) is 0.447. The first-order chi connectivity index (χ1) is 13.2. The van der Waals surface area contributed by atoms with Crippen molar-refractivity contribution in [2.75, 3.05) is 38.3 Å². The van der Waals surface area contributed by atoms with Gasteiger partial charge in [-0.25, -0.2) is 4.39 Å². The van der Waals surface area contributed by atoms with Gasteiger partial charge in [-0.3, -0.25) is 4.99 Å². The smallest absolute Gasteiger partial charge is 0.191 e. The minimum atomic E-state index is -0.208. The number of ether oxygens (including phenoxy) is 1. The van der Waals surface area contributed by atoms with Crippen LogP contribution in [0.2, 0.25) is 5.02 Å². The molecule has 2 aromatic carbocycles. The Morgan fingerprint density at radius 2 is 1.68 bits per heavy atom. The molecule has 3 rings (SSSR count). The van der Waals surface area contributed by atoms with Crippen LogP contribution in [0.4, 0.5) is 10.1 Å². The number of benzene rings is 2. The maximum absolute atomic E-state index is 14.5. The molecule has 2 aromatic rings. The number of hydrogen-bond acceptors (Lipinski definition) is 3. The molecule has 152 valence electrons. The molecule has 1 aliphatic rings. The Kier molecular flexibility index (Phi) is 9.27. The van der Waals surface area contributed by atoms with Crippen molar-refractivity contribution in [2.45, 2.75) is 13.1 Å². The largest absolute Gasteiger partial charge is 0.378 e. The van der Waals surface area contributed by atoms with E-state index in [4.69, 9.17) is 16.3 Å². The highest BCUT2D eigenvalue weighted by atomic mass is 127. The van der Waals surface area contributed by atoms with Gasteiger partial charge < -0.3 is 20.3 Å². The van der Waals surface area contributed by atoms with Crippen molar-refractivity contribution in [3.63, 3.8) is 0 Å². The topological polar surface area (TPSA) is 48.9 Å². The molecule has 2 N–H and O–H groups in total. The molecule has 0 aromatic heterocycles. The number of nitrogens with zero attached hydrogens (tertiary/aromatic N) is 2. The second-order valence-corrected chi connectivity index (χ2v) is 6.73. The second-order valence-electron chi connectivity index (χ2n) is 6.29. The van der Waals surface area contributed by atoms with Crippen LogP contribution in [0.15, 0.2) is 47.5 Å². The normalized spacial score (nSPS) is 14.4. The van der Waals surface area contributed by atoms with E-state index in [1.54, 1.807) is 13.1 Å². The number of morpholine rings is 1.